The fraction of sp³-hybridized carbons (Fsp3) is 0.579. The molecule has 8 heteroatoms. The summed E-state index contributed by atoms with van der Waals surface area (Å²) in [6, 6.07) is 3.76. The average molecular weight is 369 g/mol. The Balaban J connectivity index is 1.42. The Kier molecular flexibility index (Phi) is 4.92. The number of nitrogens with one attached hydrogen (secondary N) is 1. The van der Waals surface area contributed by atoms with Gasteiger partial charge in [-0.25, -0.2) is 4.98 Å². The maximum Gasteiger partial charge on any atom is 0.230 e. The Bertz CT molecular complexity index is 782. The molecule has 27 heavy (non-hydrogen) atoms. The molecule has 2 aliphatic heterocycles. The number of carbonyl (C=O) groups excluding carboxylic acids is 1. The summed E-state index contributed by atoms with van der Waals surface area (Å²) >= 11 is 0. The lowest BCUT2D eigenvalue weighted by Crippen LogP contribution is -2.65. The Morgan fingerprint density at radius 2 is 2.04 bits per heavy atom. The molecule has 8 nitrogen and oxygen atoms in total. The lowest BCUT2D eigenvalue weighted by Gasteiger charge is -2.52. The van der Waals surface area contributed by atoms with E-state index in [0.29, 0.717) is 11.6 Å². The van der Waals surface area contributed by atoms with Crippen molar-refractivity contribution in [1.29, 1.82) is 0 Å². The zero-order chi connectivity index (χ0) is 18.9. The van der Waals surface area contributed by atoms with E-state index >= 15 is 0 Å². The first kappa shape index (κ1) is 18.1. The molecule has 0 atom stereocenters. The minimum atomic E-state index is 0.114. The predicted octanol–water partition coefficient (Wildman–Crippen LogP) is 0.648. The number of likely N-dealkylation sites (N-methyl/N-ethyl adjacent to an activating group) is 1. The zero-order valence-electron chi connectivity index (χ0n) is 16.1. The van der Waals surface area contributed by atoms with E-state index in [0.717, 1.165) is 51.1 Å². The standard InChI is InChI=1S/C19H27N7O/c1-24-8-5-19(6-9-24)14-26(11-10-25(19)2)17(27)12-16-21-18(23-22-16)15-4-3-7-20-13-15/h3-4,7,13H,5-6,8-12,14H2,1-2H3,(H,21,22,23). The third-order valence-corrected chi connectivity index (χ3v) is 6.04. The van der Waals surface area contributed by atoms with Crippen molar-refractivity contribution in [3.63, 3.8) is 0 Å². The lowest BCUT2D eigenvalue weighted by atomic mass is 9.84. The number of H-pyrrole nitrogens is 1. The van der Waals surface area contributed by atoms with E-state index in [1.165, 1.54) is 0 Å². The molecule has 2 saturated heterocycles. The number of pyridine rings is 1. The second-order valence-electron chi connectivity index (χ2n) is 7.79. The summed E-state index contributed by atoms with van der Waals surface area (Å²) in [5, 5.41) is 7.13. The van der Waals surface area contributed by atoms with E-state index in [1.807, 2.05) is 17.0 Å². The largest absolute Gasteiger partial charge is 0.339 e. The summed E-state index contributed by atoms with van der Waals surface area (Å²) in [5.74, 6) is 1.31. The average Bonchev–Trinajstić information content (AvgIpc) is 3.15. The third kappa shape index (κ3) is 3.72. The summed E-state index contributed by atoms with van der Waals surface area (Å²) in [5.41, 5.74) is 0.959. The number of rotatable bonds is 3. The van der Waals surface area contributed by atoms with Crippen molar-refractivity contribution in [2.45, 2.75) is 24.8 Å². The summed E-state index contributed by atoms with van der Waals surface area (Å²) in [6.45, 7) is 4.68. The van der Waals surface area contributed by atoms with Crippen LogP contribution in [-0.2, 0) is 11.2 Å². The van der Waals surface area contributed by atoms with Crippen LogP contribution in [0.15, 0.2) is 24.5 Å². The van der Waals surface area contributed by atoms with Crippen molar-refractivity contribution in [1.82, 2.24) is 34.9 Å². The monoisotopic (exact) mass is 369 g/mol. The highest BCUT2D eigenvalue weighted by molar-refractivity contribution is 5.78. The van der Waals surface area contributed by atoms with Crippen LogP contribution in [0.4, 0.5) is 0 Å². The van der Waals surface area contributed by atoms with Crippen molar-refractivity contribution in [3.05, 3.63) is 30.4 Å². The molecule has 2 aromatic heterocycles. The lowest BCUT2D eigenvalue weighted by molar-refractivity contribution is -0.137. The minimum Gasteiger partial charge on any atom is -0.339 e. The molecule has 2 aromatic rings. The molecule has 1 amide bonds. The van der Waals surface area contributed by atoms with Crippen molar-refractivity contribution >= 4 is 5.91 Å². The predicted molar refractivity (Wildman–Crippen MR) is 102 cm³/mol. The smallest absolute Gasteiger partial charge is 0.230 e. The normalized spacial score (nSPS) is 20.9. The fourth-order valence-electron chi connectivity index (χ4n) is 4.10. The van der Waals surface area contributed by atoms with E-state index in [4.69, 9.17) is 0 Å². The van der Waals surface area contributed by atoms with Gasteiger partial charge in [0, 0.05) is 43.1 Å². The number of carbonyl (C=O) groups is 1. The highest BCUT2D eigenvalue weighted by Crippen LogP contribution is 2.31. The molecule has 1 N–H and O–H groups in total. The van der Waals surface area contributed by atoms with Crippen molar-refractivity contribution in [2.24, 2.45) is 0 Å². The van der Waals surface area contributed by atoms with E-state index < -0.39 is 0 Å². The van der Waals surface area contributed by atoms with Gasteiger partial charge in [0.05, 0.1) is 6.42 Å². The summed E-state index contributed by atoms with van der Waals surface area (Å²) in [6.07, 6.45) is 5.91. The Labute approximate surface area is 159 Å². The van der Waals surface area contributed by atoms with Crippen LogP contribution in [0, 0.1) is 0 Å². The van der Waals surface area contributed by atoms with Crippen LogP contribution in [0.5, 0.6) is 0 Å². The zero-order valence-corrected chi connectivity index (χ0v) is 16.1. The van der Waals surface area contributed by atoms with Crippen molar-refractivity contribution < 1.29 is 4.79 Å². The van der Waals surface area contributed by atoms with Gasteiger partial charge in [0.25, 0.3) is 0 Å². The van der Waals surface area contributed by atoms with Crippen LogP contribution in [0.1, 0.15) is 18.7 Å². The van der Waals surface area contributed by atoms with E-state index in [1.54, 1.807) is 12.4 Å². The second kappa shape index (κ2) is 7.36. The molecule has 0 radical (unpaired) electrons. The number of hydrogen-bond donors (Lipinski definition) is 1. The van der Waals surface area contributed by atoms with Crippen molar-refractivity contribution in [2.75, 3.05) is 46.8 Å². The molecule has 2 fully saturated rings. The summed E-state index contributed by atoms with van der Waals surface area (Å²) in [4.78, 5) is 28.3. The SMILES string of the molecule is CN1CCC2(CC1)CN(C(=O)Cc1nc(-c3cccnc3)n[nH]1)CCN2C. The number of piperidine rings is 1. The highest BCUT2D eigenvalue weighted by Gasteiger charge is 2.42. The fourth-order valence-corrected chi connectivity index (χ4v) is 4.10. The molecule has 1 spiro atoms. The van der Waals surface area contributed by atoms with Gasteiger partial charge in [0.2, 0.25) is 5.91 Å². The number of piperazine rings is 1. The quantitative estimate of drug-likeness (QED) is 0.856. The molecular weight excluding hydrogens is 342 g/mol. The van der Waals surface area contributed by atoms with Gasteiger partial charge in [-0.1, -0.05) is 0 Å². The van der Waals surface area contributed by atoms with E-state index in [2.05, 4.69) is 44.1 Å². The van der Waals surface area contributed by atoms with Crippen LogP contribution in [0.25, 0.3) is 11.4 Å². The van der Waals surface area contributed by atoms with Crippen LogP contribution in [-0.4, -0.2) is 93.1 Å². The number of nitrogens with zero attached hydrogens (tertiary/aromatic N) is 6. The molecule has 144 valence electrons. The van der Waals surface area contributed by atoms with Crippen LogP contribution in [0.2, 0.25) is 0 Å². The molecule has 0 bridgehead atoms. The van der Waals surface area contributed by atoms with Gasteiger partial charge in [0.15, 0.2) is 5.82 Å². The van der Waals surface area contributed by atoms with Gasteiger partial charge >= 0.3 is 0 Å². The van der Waals surface area contributed by atoms with Gasteiger partial charge in [-0.15, -0.1) is 0 Å². The molecule has 0 aromatic carbocycles. The van der Waals surface area contributed by atoms with Crippen LogP contribution < -0.4 is 0 Å². The van der Waals surface area contributed by atoms with Crippen molar-refractivity contribution in [3.8, 4) is 11.4 Å². The first-order valence-electron chi connectivity index (χ1n) is 9.55. The third-order valence-electron chi connectivity index (χ3n) is 6.04. The first-order valence-corrected chi connectivity index (χ1v) is 9.55. The van der Waals surface area contributed by atoms with Gasteiger partial charge < -0.3 is 9.80 Å². The molecule has 2 aliphatic rings. The molecule has 4 rings (SSSR count). The van der Waals surface area contributed by atoms with Gasteiger partial charge in [-0.05, 0) is 52.2 Å². The van der Waals surface area contributed by atoms with Gasteiger partial charge in [0.1, 0.15) is 5.82 Å². The minimum absolute atomic E-state index is 0.114. The highest BCUT2D eigenvalue weighted by atomic mass is 16.2. The van der Waals surface area contributed by atoms with Gasteiger partial charge in [-0.3, -0.25) is 19.8 Å². The van der Waals surface area contributed by atoms with Gasteiger partial charge in [-0.2, -0.15) is 5.10 Å². The maximum atomic E-state index is 12.9. The maximum absolute atomic E-state index is 12.9. The Morgan fingerprint density at radius 1 is 1.22 bits per heavy atom. The Morgan fingerprint density at radius 3 is 2.78 bits per heavy atom. The summed E-state index contributed by atoms with van der Waals surface area (Å²) in [7, 11) is 4.37. The topological polar surface area (TPSA) is 81.2 Å². The van der Waals surface area contributed by atoms with Crippen LogP contribution in [0.3, 0.4) is 0 Å². The number of amides is 1. The molecular formula is C19H27N7O. The van der Waals surface area contributed by atoms with E-state index in [9.17, 15) is 4.79 Å². The van der Waals surface area contributed by atoms with E-state index in [-0.39, 0.29) is 17.9 Å². The Hall–Kier alpha value is -2.32. The number of likely N-dealkylation sites (tertiary alicyclic amines) is 1. The summed E-state index contributed by atoms with van der Waals surface area (Å²) < 4.78 is 0. The molecule has 0 aliphatic carbocycles. The molecule has 0 saturated carbocycles. The number of aromatic amines is 1. The first-order chi connectivity index (χ1) is 13.1. The van der Waals surface area contributed by atoms with Crippen LogP contribution >= 0.6 is 0 Å². The number of aromatic nitrogens is 4. The second-order valence-corrected chi connectivity index (χ2v) is 7.79. The molecule has 0 unspecified atom stereocenters. The molecule has 4 heterocycles. The number of hydrogen-bond acceptors (Lipinski definition) is 6.